The van der Waals surface area contributed by atoms with Gasteiger partial charge < -0.3 is 24.4 Å². The molecule has 1 aliphatic heterocycles. The molecule has 3 aromatic rings. The SMILES string of the molecule is COc1ccc(OC)c(C2CCCN2C(=O)Nc2ccccc2COc2ccccc2)c1. The first-order valence-electron chi connectivity index (χ1n) is 10.7. The van der Waals surface area contributed by atoms with Crippen LogP contribution in [0.2, 0.25) is 0 Å². The van der Waals surface area contributed by atoms with Crippen LogP contribution in [0.5, 0.6) is 17.2 Å². The number of urea groups is 1. The predicted molar refractivity (Wildman–Crippen MR) is 124 cm³/mol. The van der Waals surface area contributed by atoms with Gasteiger partial charge in [0, 0.05) is 23.4 Å². The number of carbonyl (C=O) groups excluding carboxylic acids is 1. The number of anilines is 1. The number of carbonyl (C=O) groups is 1. The Morgan fingerprint density at radius 3 is 2.53 bits per heavy atom. The molecule has 1 saturated heterocycles. The lowest BCUT2D eigenvalue weighted by atomic mass is 10.0. The minimum absolute atomic E-state index is 0.0761. The fraction of sp³-hybridized carbons (Fsp3) is 0.269. The Balaban J connectivity index is 1.50. The minimum Gasteiger partial charge on any atom is -0.497 e. The molecule has 0 bridgehead atoms. The molecule has 6 heteroatoms. The zero-order valence-electron chi connectivity index (χ0n) is 18.4. The van der Waals surface area contributed by atoms with E-state index in [0.717, 1.165) is 46.9 Å². The molecule has 0 radical (unpaired) electrons. The summed E-state index contributed by atoms with van der Waals surface area (Å²) in [6.07, 6.45) is 1.80. The normalized spacial score (nSPS) is 15.3. The van der Waals surface area contributed by atoms with Crippen LogP contribution >= 0.6 is 0 Å². The molecule has 3 aromatic carbocycles. The molecule has 1 aliphatic rings. The third-order valence-electron chi connectivity index (χ3n) is 5.71. The van der Waals surface area contributed by atoms with E-state index in [1.807, 2.05) is 77.7 Å². The number of ether oxygens (including phenoxy) is 3. The average Bonchev–Trinajstić information content (AvgIpc) is 3.34. The fourth-order valence-electron chi connectivity index (χ4n) is 4.07. The maximum absolute atomic E-state index is 13.3. The van der Waals surface area contributed by atoms with Gasteiger partial charge in [-0.05, 0) is 49.2 Å². The molecule has 1 fully saturated rings. The van der Waals surface area contributed by atoms with Crippen LogP contribution in [0.25, 0.3) is 0 Å². The molecule has 32 heavy (non-hydrogen) atoms. The average molecular weight is 433 g/mol. The summed E-state index contributed by atoms with van der Waals surface area (Å²) in [4.78, 5) is 15.1. The highest BCUT2D eigenvalue weighted by Gasteiger charge is 2.32. The quantitative estimate of drug-likeness (QED) is 0.524. The number of nitrogens with one attached hydrogen (secondary N) is 1. The first-order chi connectivity index (χ1) is 15.7. The number of likely N-dealkylation sites (tertiary alicyclic amines) is 1. The molecule has 1 atom stereocenters. The maximum Gasteiger partial charge on any atom is 0.322 e. The number of amides is 2. The van der Waals surface area contributed by atoms with Gasteiger partial charge in [-0.1, -0.05) is 36.4 Å². The predicted octanol–water partition coefficient (Wildman–Crippen LogP) is 5.65. The van der Waals surface area contributed by atoms with E-state index in [1.54, 1.807) is 14.2 Å². The van der Waals surface area contributed by atoms with Crippen LogP contribution in [0.4, 0.5) is 10.5 Å². The Hall–Kier alpha value is -3.67. The number of para-hydroxylation sites is 2. The Bertz CT molecular complexity index is 1050. The Morgan fingerprint density at radius 2 is 1.75 bits per heavy atom. The second kappa shape index (κ2) is 10.1. The first-order valence-corrected chi connectivity index (χ1v) is 10.7. The van der Waals surface area contributed by atoms with Crippen LogP contribution in [0.1, 0.15) is 30.0 Å². The summed E-state index contributed by atoms with van der Waals surface area (Å²) in [7, 11) is 3.28. The highest BCUT2D eigenvalue weighted by molar-refractivity contribution is 5.90. The zero-order chi connectivity index (χ0) is 22.3. The molecule has 4 rings (SSSR count). The lowest BCUT2D eigenvalue weighted by Crippen LogP contribution is -2.34. The molecular weight excluding hydrogens is 404 g/mol. The molecule has 1 unspecified atom stereocenters. The molecule has 0 saturated carbocycles. The van der Waals surface area contributed by atoms with Crippen molar-refractivity contribution in [1.29, 1.82) is 0 Å². The number of rotatable bonds is 7. The van der Waals surface area contributed by atoms with Crippen LogP contribution in [-0.4, -0.2) is 31.7 Å². The fourth-order valence-corrected chi connectivity index (χ4v) is 4.07. The van der Waals surface area contributed by atoms with E-state index in [1.165, 1.54) is 0 Å². The van der Waals surface area contributed by atoms with Gasteiger partial charge in [-0.25, -0.2) is 4.79 Å². The molecule has 0 aromatic heterocycles. The van der Waals surface area contributed by atoms with Crippen LogP contribution in [0.3, 0.4) is 0 Å². The van der Waals surface area contributed by atoms with Crippen LogP contribution < -0.4 is 19.5 Å². The minimum atomic E-state index is -0.135. The maximum atomic E-state index is 13.3. The summed E-state index contributed by atoms with van der Waals surface area (Å²) < 4.78 is 16.9. The summed E-state index contributed by atoms with van der Waals surface area (Å²) in [5, 5.41) is 3.09. The van der Waals surface area contributed by atoms with Gasteiger partial charge in [-0.3, -0.25) is 0 Å². The molecule has 2 amide bonds. The Labute approximate surface area is 188 Å². The van der Waals surface area contributed by atoms with Crippen molar-refractivity contribution in [2.24, 2.45) is 0 Å². The third-order valence-corrected chi connectivity index (χ3v) is 5.71. The number of methoxy groups -OCH3 is 2. The van der Waals surface area contributed by atoms with Crippen molar-refractivity contribution in [3.8, 4) is 17.2 Å². The van der Waals surface area contributed by atoms with E-state index in [4.69, 9.17) is 14.2 Å². The lowest BCUT2D eigenvalue weighted by molar-refractivity contribution is 0.206. The Kier molecular flexibility index (Phi) is 6.80. The highest BCUT2D eigenvalue weighted by atomic mass is 16.5. The third kappa shape index (κ3) is 4.80. The molecule has 1 N–H and O–H groups in total. The van der Waals surface area contributed by atoms with E-state index in [-0.39, 0.29) is 12.1 Å². The number of hydrogen-bond donors (Lipinski definition) is 1. The van der Waals surface area contributed by atoms with Gasteiger partial charge in [0.05, 0.1) is 20.3 Å². The van der Waals surface area contributed by atoms with E-state index >= 15 is 0 Å². The topological polar surface area (TPSA) is 60.0 Å². The number of benzene rings is 3. The van der Waals surface area contributed by atoms with Gasteiger partial charge >= 0.3 is 6.03 Å². The van der Waals surface area contributed by atoms with E-state index in [0.29, 0.717) is 13.2 Å². The van der Waals surface area contributed by atoms with Gasteiger partial charge in [0.25, 0.3) is 0 Å². The van der Waals surface area contributed by atoms with Crippen molar-refractivity contribution in [3.63, 3.8) is 0 Å². The van der Waals surface area contributed by atoms with Crippen molar-refractivity contribution in [1.82, 2.24) is 4.90 Å². The van der Waals surface area contributed by atoms with Crippen LogP contribution in [0, 0.1) is 0 Å². The molecule has 0 spiro atoms. The van der Waals surface area contributed by atoms with Crippen LogP contribution in [-0.2, 0) is 6.61 Å². The summed E-state index contributed by atoms with van der Waals surface area (Å²) in [5.74, 6) is 2.29. The summed E-state index contributed by atoms with van der Waals surface area (Å²) >= 11 is 0. The van der Waals surface area contributed by atoms with Gasteiger partial charge in [-0.2, -0.15) is 0 Å². The van der Waals surface area contributed by atoms with Crippen molar-refractivity contribution < 1.29 is 19.0 Å². The summed E-state index contributed by atoms with van der Waals surface area (Å²) in [6.45, 7) is 1.05. The van der Waals surface area contributed by atoms with Gasteiger partial charge in [0.15, 0.2) is 0 Å². The van der Waals surface area contributed by atoms with Gasteiger partial charge in [0.2, 0.25) is 0 Å². The van der Waals surface area contributed by atoms with Gasteiger partial charge in [0.1, 0.15) is 23.9 Å². The molecule has 166 valence electrons. The number of hydrogen-bond acceptors (Lipinski definition) is 4. The van der Waals surface area contributed by atoms with Crippen LogP contribution in [0.15, 0.2) is 72.8 Å². The smallest absolute Gasteiger partial charge is 0.322 e. The first kappa shape index (κ1) is 21.6. The van der Waals surface area contributed by atoms with Crippen molar-refractivity contribution in [2.45, 2.75) is 25.5 Å². The summed E-state index contributed by atoms with van der Waals surface area (Å²) in [5.41, 5.74) is 2.62. The largest absolute Gasteiger partial charge is 0.497 e. The standard InChI is InChI=1S/C26H28N2O4/c1-30-21-14-15-25(31-2)22(17-21)24-13-8-16-28(24)26(29)27-23-12-7-6-9-19(23)18-32-20-10-4-3-5-11-20/h3-7,9-12,14-15,17,24H,8,13,16,18H2,1-2H3,(H,27,29). The van der Waals surface area contributed by atoms with Crippen molar-refractivity contribution in [2.75, 3.05) is 26.1 Å². The number of nitrogens with zero attached hydrogens (tertiary/aromatic N) is 1. The molecular formula is C26H28N2O4. The van der Waals surface area contributed by atoms with E-state index < -0.39 is 0 Å². The second-order valence-electron chi connectivity index (χ2n) is 7.65. The van der Waals surface area contributed by atoms with Crippen molar-refractivity contribution >= 4 is 11.7 Å². The molecule has 1 heterocycles. The zero-order valence-corrected chi connectivity index (χ0v) is 18.4. The van der Waals surface area contributed by atoms with Crippen molar-refractivity contribution in [3.05, 3.63) is 83.9 Å². The monoisotopic (exact) mass is 432 g/mol. The second-order valence-corrected chi connectivity index (χ2v) is 7.65. The molecule has 0 aliphatic carbocycles. The Morgan fingerprint density at radius 1 is 0.969 bits per heavy atom. The summed E-state index contributed by atoms with van der Waals surface area (Å²) in [6, 6.07) is 22.9. The molecule has 6 nitrogen and oxygen atoms in total. The van der Waals surface area contributed by atoms with E-state index in [2.05, 4.69) is 5.32 Å². The highest BCUT2D eigenvalue weighted by Crippen LogP contribution is 2.39. The van der Waals surface area contributed by atoms with Gasteiger partial charge in [-0.15, -0.1) is 0 Å². The lowest BCUT2D eigenvalue weighted by Gasteiger charge is -2.27. The van der Waals surface area contributed by atoms with E-state index in [9.17, 15) is 4.79 Å².